The first-order chi connectivity index (χ1) is 9.12. The van der Waals surface area contributed by atoms with Crippen LogP contribution in [0.4, 0.5) is 0 Å². The molecule has 19 heavy (non-hydrogen) atoms. The molecule has 0 fully saturated rings. The summed E-state index contributed by atoms with van der Waals surface area (Å²) < 4.78 is 9.71. The van der Waals surface area contributed by atoms with Gasteiger partial charge in [-0.2, -0.15) is 0 Å². The van der Waals surface area contributed by atoms with Crippen molar-refractivity contribution in [3.8, 4) is 5.75 Å². The molecule has 0 bridgehead atoms. The molecule has 6 nitrogen and oxygen atoms in total. The highest BCUT2D eigenvalue weighted by molar-refractivity contribution is 5.96. The molecule has 0 saturated heterocycles. The first-order valence-corrected chi connectivity index (χ1v) is 5.84. The third kappa shape index (κ3) is 4.26. The number of aliphatic hydroxyl groups excluding tert-OH is 1. The van der Waals surface area contributed by atoms with Gasteiger partial charge in [-0.3, -0.25) is 4.79 Å². The number of carbonyl (C=O) groups excluding carboxylic acids is 2. The molecule has 104 valence electrons. The number of amides is 1. The zero-order valence-electron chi connectivity index (χ0n) is 10.9. The van der Waals surface area contributed by atoms with Crippen molar-refractivity contribution in [3.05, 3.63) is 29.8 Å². The number of rotatable bonds is 6. The minimum Gasteiger partial charge on any atom is -0.494 e. The van der Waals surface area contributed by atoms with Crippen LogP contribution in [0.25, 0.3) is 0 Å². The van der Waals surface area contributed by atoms with E-state index in [1.54, 1.807) is 24.3 Å². The van der Waals surface area contributed by atoms with E-state index >= 15 is 0 Å². The van der Waals surface area contributed by atoms with E-state index in [0.29, 0.717) is 17.9 Å². The average Bonchev–Trinajstić information content (AvgIpc) is 2.44. The van der Waals surface area contributed by atoms with Crippen LogP contribution in [0, 0.1) is 0 Å². The Hall–Kier alpha value is -2.08. The van der Waals surface area contributed by atoms with Gasteiger partial charge in [0.15, 0.2) is 6.04 Å². The van der Waals surface area contributed by atoms with Gasteiger partial charge in [0.05, 0.1) is 20.3 Å². The fraction of sp³-hybridized carbons (Fsp3) is 0.385. The second kappa shape index (κ2) is 7.38. The van der Waals surface area contributed by atoms with E-state index in [1.807, 2.05) is 6.92 Å². The van der Waals surface area contributed by atoms with E-state index < -0.39 is 24.5 Å². The molecule has 0 heterocycles. The Morgan fingerprint density at radius 1 is 1.32 bits per heavy atom. The Balaban J connectivity index is 2.69. The van der Waals surface area contributed by atoms with Crippen LogP contribution in [0.3, 0.4) is 0 Å². The summed E-state index contributed by atoms with van der Waals surface area (Å²) in [5.74, 6) is -0.500. The molecule has 0 aromatic heterocycles. The van der Waals surface area contributed by atoms with Crippen molar-refractivity contribution in [2.24, 2.45) is 0 Å². The third-order valence-corrected chi connectivity index (χ3v) is 2.40. The first kappa shape index (κ1) is 15.0. The van der Waals surface area contributed by atoms with Crippen molar-refractivity contribution in [2.45, 2.75) is 13.0 Å². The van der Waals surface area contributed by atoms with Gasteiger partial charge in [0.1, 0.15) is 5.75 Å². The molecule has 1 aromatic rings. The Labute approximate surface area is 111 Å². The standard InChI is InChI=1S/C13H17NO5/c1-3-19-10-6-4-9(5-7-10)12(16)14-11(8-15)13(17)18-2/h4-7,11,15H,3,8H2,1-2H3,(H,14,16). The number of ether oxygens (including phenoxy) is 2. The fourth-order valence-electron chi connectivity index (χ4n) is 1.43. The summed E-state index contributed by atoms with van der Waals surface area (Å²) in [7, 11) is 1.19. The summed E-state index contributed by atoms with van der Waals surface area (Å²) in [4.78, 5) is 23.1. The maximum Gasteiger partial charge on any atom is 0.330 e. The van der Waals surface area contributed by atoms with Crippen molar-refractivity contribution in [1.29, 1.82) is 0 Å². The van der Waals surface area contributed by atoms with Crippen LogP contribution >= 0.6 is 0 Å². The molecule has 0 aliphatic rings. The monoisotopic (exact) mass is 267 g/mol. The molecular formula is C13H17NO5. The second-order valence-corrected chi connectivity index (χ2v) is 3.69. The van der Waals surface area contributed by atoms with E-state index in [-0.39, 0.29) is 0 Å². The van der Waals surface area contributed by atoms with E-state index in [4.69, 9.17) is 9.84 Å². The van der Waals surface area contributed by atoms with E-state index in [9.17, 15) is 9.59 Å². The molecule has 1 aromatic carbocycles. The summed E-state index contributed by atoms with van der Waals surface area (Å²) in [6, 6.07) is 5.40. The van der Waals surface area contributed by atoms with Gasteiger partial charge in [-0.15, -0.1) is 0 Å². The largest absolute Gasteiger partial charge is 0.494 e. The van der Waals surface area contributed by atoms with E-state index in [2.05, 4.69) is 10.1 Å². The van der Waals surface area contributed by atoms with Crippen molar-refractivity contribution in [1.82, 2.24) is 5.32 Å². The highest BCUT2D eigenvalue weighted by atomic mass is 16.5. The Bertz CT molecular complexity index is 429. The van der Waals surface area contributed by atoms with Gasteiger partial charge < -0.3 is 19.9 Å². The van der Waals surface area contributed by atoms with Crippen molar-refractivity contribution in [2.75, 3.05) is 20.3 Å². The van der Waals surface area contributed by atoms with Gasteiger partial charge in [0.2, 0.25) is 0 Å². The zero-order valence-corrected chi connectivity index (χ0v) is 10.9. The SMILES string of the molecule is CCOc1ccc(C(=O)NC(CO)C(=O)OC)cc1. The van der Waals surface area contributed by atoms with Gasteiger partial charge in [0.25, 0.3) is 5.91 Å². The normalized spacial score (nSPS) is 11.5. The number of methoxy groups -OCH3 is 1. The number of esters is 1. The molecule has 1 atom stereocenters. The van der Waals surface area contributed by atoms with Gasteiger partial charge in [-0.25, -0.2) is 4.79 Å². The van der Waals surface area contributed by atoms with Crippen molar-refractivity contribution in [3.63, 3.8) is 0 Å². The maximum atomic E-state index is 11.8. The summed E-state index contributed by atoms with van der Waals surface area (Å²) in [5.41, 5.74) is 0.366. The number of benzene rings is 1. The molecule has 0 saturated carbocycles. The topological polar surface area (TPSA) is 84.9 Å². The number of hydrogen-bond donors (Lipinski definition) is 2. The van der Waals surface area contributed by atoms with Crippen LogP contribution in [0.1, 0.15) is 17.3 Å². The highest BCUT2D eigenvalue weighted by Crippen LogP contribution is 2.12. The lowest BCUT2D eigenvalue weighted by Crippen LogP contribution is -2.44. The Kier molecular flexibility index (Phi) is 5.81. The molecular weight excluding hydrogens is 250 g/mol. The van der Waals surface area contributed by atoms with Crippen LogP contribution in [0.15, 0.2) is 24.3 Å². The van der Waals surface area contributed by atoms with E-state index in [0.717, 1.165) is 0 Å². The lowest BCUT2D eigenvalue weighted by molar-refractivity contribution is -0.143. The quantitative estimate of drug-likeness (QED) is 0.726. The lowest BCUT2D eigenvalue weighted by Gasteiger charge is -2.13. The Morgan fingerprint density at radius 2 is 1.95 bits per heavy atom. The lowest BCUT2D eigenvalue weighted by atomic mass is 10.2. The van der Waals surface area contributed by atoms with Crippen LogP contribution in [-0.4, -0.2) is 43.3 Å². The van der Waals surface area contributed by atoms with Crippen molar-refractivity contribution < 1.29 is 24.2 Å². The molecule has 1 unspecified atom stereocenters. The second-order valence-electron chi connectivity index (χ2n) is 3.69. The van der Waals surface area contributed by atoms with Crippen LogP contribution in [-0.2, 0) is 9.53 Å². The zero-order chi connectivity index (χ0) is 14.3. The predicted octanol–water partition coefficient (Wildman–Crippen LogP) is 0.349. The van der Waals surface area contributed by atoms with Gasteiger partial charge >= 0.3 is 5.97 Å². The van der Waals surface area contributed by atoms with Crippen LogP contribution in [0.2, 0.25) is 0 Å². The number of carbonyl (C=O) groups is 2. The summed E-state index contributed by atoms with van der Waals surface area (Å²) in [6.07, 6.45) is 0. The maximum absolute atomic E-state index is 11.8. The predicted molar refractivity (Wildman–Crippen MR) is 68.0 cm³/mol. The van der Waals surface area contributed by atoms with Crippen LogP contribution < -0.4 is 10.1 Å². The van der Waals surface area contributed by atoms with Crippen molar-refractivity contribution >= 4 is 11.9 Å². The Morgan fingerprint density at radius 3 is 2.42 bits per heavy atom. The number of hydrogen-bond acceptors (Lipinski definition) is 5. The minimum absolute atomic E-state index is 0.366. The smallest absolute Gasteiger partial charge is 0.330 e. The fourth-order valence-corrected chi connectivity index (χ4v) is 1.43. The molecule has 2 N–H and O–H groups in total. The molecule has 0 aliphatic carbocycles. The summed E-state index contributed by atoms with van der Waals surface area (Å²) >= 11 is 0. The van der Waals surface area contributed by atoms with Crippen LogP contribution in [0.5, 0.6) is 5.75 Å². The first-order valence-electron chi connectivity index (χ1n) is 5.84. The molecule has 0 aliphatic heterocycles. The molecule has 0 radical (unpaired) electrons. The van der Waals surface area contributed by atoms with Gasteiger partial charge in [-0.05, 0) is 31.2 Å². The molecule has 6 heteroatoms. The minimum atomic E-state index is -1.07. The van der Waals surface area contributed by atoms with Gasteiger partial charge in [-0.1, -0.05) is 0 Å². The molecule has 1 amide bonds. The van der Waals surface area contributed by atoms with E-state index in [1.165, 1.54) is 7.11 Å². The number of aliphatic hydroxyl groups is 1. The molecule has 1 rings (SSSR count). The summed E-state index contributed by atoms with van der Waals surface area (Å²) in [5, 5.41) is 11.4. The number of nitrogens with one attached hydrogen (secondary N) is 1. The van der Waals surface area contributed by atoms with Gasteiger partial charge in [0, 0.05) is 5.56 Å². The highest BCUT2D eigenvalue weighted by Gasteiger charge is 2.20. The summed E-state index contributed by atoms with van der Waals surface area (Å²) in [6.45, 7) is 1.89. The third-order valence-electron chi connectivity index (χ3n) is 2.40. The average molecular weight is 267 g/mol. The molecule has 0 spiro atoms.